The molecule has 0 saturated carbocycles. The number of carboxylic acid groups (broad SMARTS) is 2. The highest BCUT2D eigenvalue weighted by Gasteiger charge is 2.38. The number of ether oxygens (including phenoxy) is 1. The molecule has 0 spiro atoms. The number of hydrogen-bond donors (Lipinski definition) is 2. The molecule has 0 saturated heterocycles. The fourth-order valence-corrected chi connectivity index (χ4v) is 10.5. The van der Waals surface area contributed by atoms with Crippen LogP contribution in [0, 0.1) is 0 Å². The van der Waals surface area contributed by atoms with Crippen LogP contribution in [0.15, 0.2) is 54.6 Å². The SMILES string of the molecule is O=C(O)c1cc(Cl)c(C(=O)O)c(C2=c3c(c4c(c5ccccc35)=[N+](CCCS(=O)(=O)[O-])CCC4)Oc3c4c(c5ccccc5c32)N(CCCS(=O)(=O)[O-])CCC4)c1Cl. The number of rotatable bonds is 11. The molecular formula is C41H35Cl2N2O11S2-. The number of hydrogen-bond acceptors (Lipinski definition) is 10. The summed E-state index contributed by atoms with van der Waals surface area (Å²) < 4.78 is 78.8. The molecule has 3 aliphatic heterocycles. The van der Waals surface area contributed by atoms with Crippen LogP contribution in [0.4, 0.5) is 5.69 Å². The minimum atomic E-state index is -4.47. The topological polar surface area (TPSA) is 204 Å². The van der Waals surface area contributed by atoms with Crippen molar-refractivity contribution in [1.29, 1.82) is 0 Å². The van der Waals surface area contributed by atoms with Gasteiger partial charge in [0.1, 0.15) is 24.6 Å². The molecule has 0 fully saturated rings. The fraction of sp³-hybridized carbons (Fsp3) is 0.293. The van der Waals surface area contributed by atoms with Crippen molar-refractivity contribution in [2.24, 2.45) is 0 Å². The summed E-state index contributed by atoms with van der Waals surface area (Å²) in [6.07, 6.45) is 2.42. The first-order chi connectivity index (χ1) is 27.6. The number of anilines is 1. The summed E-state index contributed by atoms with van der Waals surface area (Å²) in [6, 6.07) is 15.8. The van der Waals surface area contributed by atoms with Crippen LogP contribution in [-0.2, 0) is 33.1 Å². The van der Waals surface area contributed by atoms with Crippen molar-refractivity contribution in [1.82, 2.24) is 4.58 Å². The van der Waals surface area contributed by atoms with Crippen LogP contribution in [0.2, 0.25) is 10.0 Å². The Morgan fingerprint density at radius 3 is 2.10 bits per heavy atom. The lowest BCUT2D eigenvalue weighted by molar-refractivity contribution is 0.0681. The lowest BCUT2D eigenvalue weighted by Crippen LogP contribution is -2.41. The summed E-state index contributed by atoms with van der Waals surface area (Å²) in [5.41, 5.74) is 2.10. The van der Waals surface area contributed by atoms with E-state index >= 15 is 0 Å². The maximum atomic E-state index is 13.3. The van der Waals surface area contributed by atoms with Crippen molar-refractivity contribution in [2.75, 3.05) is 42.6 Å². The zero-order chi connectivity index (χ0) is 41.3. The number of carboxylic acids is 2. The predicted molar refractivity (Wildman–Crippen MR) is 217 cm³/mol. The highest BCUT2D eigenvalue weighted by atomic mass is 35.5. The van der Waals surface area contributed by atoms with E-state index in [9.17, 15) is 45.7 Å². The Bertz CT molecular complexity index is 2990. The summed E-state index contributed by atoms with van der Waals surface area (Å²) in [6.45, 7) is 1.62. The number of aromatic carboxylic acids is 2. The van der Waals surface area contributed by atoms with Gasteiger partial charge in [-0.2, -0.15) is 0 Å². The van der Waals surface area contributed by atoms with Gasteiger partial charge >= 0.3 is 11.9 Å². The van der Waals surface area contributed by atoms with Crippen LogP contribution in [0.3, 0.4) is 0 Å². The van der Waals surface area contributed by atoms with Crippen molar-refractivity contribution in [3.05, 3.63) is 109 Å². The average Bonchev–Trinajstić information content (AvgIpc) is 3.16. The molecule has 5 aromatic rings. The van der Waals surface area contributed by atoms with Crippen LogP contribution in [0.1, 0.15) is 68.7 Å². The minimum absolute atomic E-state index is 0.0821. The molecule has 5 aromatic carbocycles. The van der Waals surface area contributed by atoms with Gasteiger partial charge < -0.3 is 29.0 Å². The van der Waals surface area contributed by atoms with Gasteiger partial charge in [-0.25, -0.2) is 31.0 Å². The van der Waals surface area contributed by atoms with Crippen molar-refractivity contribution in [3.8, 4) is 11.5 Å². The van der Waals surface area contributed by atoms with Gasteiger partial charge in [0.25, 0.3) is 0 Å². The molecule has 3 heterocycles. The summed E-state index contributed by atoms with van der Waals surface area (Å²) >= 11 is 13.8. The molecule has 0 unspecified atom stereocenters. The van der Waals surface area contributed by atoms with Gasteiger partial charge in [0, 0.05) is 70.3 Å². The van der Waals surface area contributed by atoms with E-state index in [1.54, 1.807) is 0 Å². The second-order valence-electron chi connectivity index (χ2n) is 14.6. The fourth-order valence-electron chi connectivity index (χ4n) is 8.94. The van der Waals surface area contributed by atoms with E-state index in [2.05, 4.69) is 0 Å². The molecule has 0 radical (unpaired) electrons. The molecule has 0 atom stereocenters. The Labute approximate surface area is 342 Å². The van der Waals surface area contributed by atoms with Gasteiger partial charge in [-0.05, 0) is 48.6 Å². The molecule has 8 rings (SSSR count). The first kappa shape index (κ1) is 40.0. The molecule has 2 N–H and O–H groups in total. The van der Waals surface area contributed by atoms with Crippen LogP contribution in [0.5, 0.6) is 11.5 Å². The van der Waals surface area contributed by atoms with Crippen molar-refractivity contribution >= 4 is 88.2 Å². The van der Waals surface area contributed by atoms with E-state index in [1.807, 2.05) is 58.0 Å². The zero-order valence-corrected chi connectivity index (χ0v) is 33.9. The molecule has 0 aliphatic carbocycles. The quantitative estimate of drug-likeness (QED) is 0.129. The summed E-state index contributed by atoms with van der Waals surface area (Å²) in [7, 11) is -8.94. The third kappa shape index (κ3) is 7.07. The molecule has 13 nitrogen and oxygen atoms in total. The third-order valence-corrected chi connectivity index (χ3v) is 13.3. The van der Waals surface area contributed by atoms with Gasteiger partial charge in [-0.3, -0.25) is 0 Å². The van der Waals surface area contributed by atoms with Crippen molar-refractivity contribution in [3.63, 3.8) is 0 Å². The number of carbonyl (C=O) groups is 2. The maximum Gasteiger partial charge on any atom is 0.337 e. The molecule has 0 amide bonds. The number of nitrogens with zero attached hydrogens (tertiary/aromatic N) is 2. The van der Waals surface area contributed by atoms with Crippen LogP contribution >= 0.6 is 23.2 Å². The largest absolute Gasteiger partial charge is 0.748 e. The van der Waals surface area contributed by atoms with E-state index in [0.717, 1.165) is 39.0 Å². The Morgan fingerprint density at radius 1 is 0.793 bits per heavy atom. The standard InChI is InChI=1S/C41H36Cl2N2O11S2/c42-29-21-28(40(46)47)35(43)34(32(29)41(48)49)33-30-22-9-1-3-11-24(22)36-26(13-5-15-44(36)17-7-19-57(50,51)52)38(30)56-39-27-14-6-16-45(18-8-20-58(53,54)55)37(27)25-12-4-2-10-23(25)31(33)39/h1-4,9-12,21H,5-8,13-20H2,(H3-,46,47,48,49,50,51,52,53,54,55)/p-1. The van der Waals surface area contributed by atoms with E-state index < -0.39 is 54.8 Å². The number of fused-ring (bicyclic) bond motifs is 12. The highest BCUT2D eigenvalue weighted by Crippen LogP contribution is 2.52. The molecule has 58 heavy (non-hydrogen) atoms. The van der Waals surface area contributed by atoms with E-state index in [0.29, 0.717) is 77.4 Å². The normalized spacial score (nSPS) is 15.1. The van der Waals surface area contributed by atoms with E-state index in [-0.39, 0.29) is 41.5 Å². The summed E-state index contributed by atoms with van der Waals surface area (Å²) in [5.74, 6) is -3.18. The number of halogens is 2. The van der Waals surface area contributed by atoms with Crippen molar-refractivity contribution < 1.29 is 50.5 Å². The molecule has 0 bridgehead atoms. The summed E-state index contributed by atoms with van der Waals surface area (Å²) in [4.78, 5) is 28.0. The Kier molecular flexibility index (Phi) is 10.4. The Morgan fingerprint density at radius 2 is 1.43 bits per heavy atom. The summed E-state index contributed by atoms with van der Waals surface area (Å²) in [5, 5.41) is 24.4. The molecule has 3 aliphatic rings. The van der Waals surface area contributed by atoms with Gasteiger partial charge in [-0.1, -0.05) is 65.7 Å². The van der Waals surface area contributed by atoms with Crippen LogP contribution in [0.25, 0.3) is 27.1 Å². The van der Waals surface area contributed by atoms with Gasteiger partial charge in [0.05, 0.1) is 58.0 Å². The lowest BCUT2D eigenvalue weighted by atomic mass is 9.80. The number of benzene rings is 5. The molecule has 0 aromatic heterocycles. The highest BCUT2D eigenvalue weighted by molar-refractivity contribution is 7.85. The minimum Gasteiger partial charge on any atom is -0.748 e. The molecule has 302 valence electrons. The zero-order valence-electron chi connectivity index (χ0n) is 30.7. The van der Waals surface area contributed by atoms with E-state index in [4.69, 9.17) is 27.9 Å². The Balaban J connectivity index is 1.57. The third-order valence-electron chi connectivity index (χ3n) is 11.1. The van der Waals surface area contributed by atoms with Gasteiger partial charge in [0.2, 0.25) is 5.36 Å². The van der Waals surface area contributed by atoms with Gasteiger partial charge in [-0.15, -0.1) is 0 Å². The van der Waals surface area contributed by atoms with Crippen molar-refractivity contribution in [2.45, 2.75) is 38.5 Å². The lowest BCUT2D eigenvalue weighted by Gasteiger charge is -2.37. The second kappa shape index (κ2) is 15.1. The molecule has 17 heteroatoms. The first-order valence-corrected chi connectivity index (χ1v) is 22.5. The van der Waals surface area contributed by atoms with E-state index in [1.165, 1.54) is 0 Å². The smallest absolute Gasteiger partial charge is 0.337 e. The maximum absolute atomic E-state index is 13.3. The average molecular weight is 867 g/mol. The van der Waals surface area contributed by atoms with Gasteiger partial charge in [0.15, 0.2) is 0 Å². The monoisotopic (exact) mass is 865 g/mol. The molecular weight excluding hydrogens is 831 g/mol. The predicted octanol–water partition coefficient (Wildman–Crippen LogP) is 5.11. The Hall–Kier alpha value is -4.77. The first-order valence-electron chi connectivity index (χ1n) is 18.6. The van der Waals surface area contributed by atoms with Crippen LogP contribution in [-0.4, -0.2) is 85.8 Å². The van der Waals surface area contributed by atoms with Crippen LogP contribution < -0.4 is 24.8 Å². The second-order valence-corrected chi connectivity index (χ2v) is 18.5.